The first-order chi connectivity index (χ1) is 12.4. The van der Waals surface area contributed by atoms with Gasteiger partial charge in [-0.05, 0) is 84.0 Å². The topological polar surface area (TPSA) is 30.2 Å². The average Bonchev–Trinajstić information content (AvgIpc) is 2.60. The van der Waals surface area contributed by atoms with E-state index >= 15 is 0 Å². The van der Waals surface area contributed by atoms with Gasteiger partial charge in [0.15, 0.2) is 5.76 Å². The molecule has 0 saturated heterocycles. The van der Waals surface area contributed by atoms with Crippen molar-refractivity contribution >= 4 is 74.7 Å². The maximum atomic E-state index is 12.4. The predicted molar refractivity (Wildman–Crippen MR) is 120 cm³/mol. The van der Waals surface area contributed by atoms with E-state index in [1.165, 1.54) is 0 Å². The van der Waals surface area contributed by atoms with Crippen molar-refractivity contribution in [3.63, 3.8) is 0 Å². The Hall–Kier alpha value is -0.950. The Morgan fingerprint density at radius 1 is 0.885 bits per heavy atom. The van der Waals surface area contributed by atoms with E-state index < -0.39 is 0 Å². The lowest BCUT2D eigenvalue weighted by Gasteiger charge is -2.18. The number of hydrogen-bond donors (Lipinski definition) is 0. The molecule has 2 aromatic rings. The fourth-order valence-electron chi connectivity index (χ4n) is 3.11. The molecule has 2 nitrogen and oxygen atoms in total. The van der Waals surface area contributed by atoms with Gasteiger partial charge in [-0.1, -0.05) is 40.2 Å². The molecule has 1 aliphatic heterocycles. The van der Waals surface area contributed by atoms with E-state index in [2.05, 4.69) is 82.8 Å². The molecule has 0 saturated carbocycles. The predicted octanol–water partition coefficient (Wildman–Crippen LogP) is 7.92. The Balaban J connectivity index is 2.33. The fraction of sp³-hybridized carbons (Fsp3) is 0.0500. The molecule has 0 radical (unpaired) electrons. The van der Waals surface area contributed by atoms with Crippen LogP contribution in [0.2, 0.25) is 0 Å². The van der Waals surface area contributed by atoms with Gasteiger partial charge in [-0.2, -0.15) is 0 Å². The van der Waals surface area contributed by atoms with Gasteiger partial charge >= 0.3 is 0 Å². The smallest absolute Gasteiger partial charge is 0.210 e. The summed E-state index contributed by atoms with van der Waals surface area (Å²) in [6, 6.07) is 14.0. The molecule has 2 aliphatic rings. The molecule has 1 aliphatic carbocycles. The zero-order valence-electron chi connectivity index (χ0n) is 13.4. The van der Waals surface area contributed by atoms with Gasteiger partial charge in [0, 0.05) is 21.0 Å². The van der Waals surface area contributed by atoms with E-state index in [9.17, 15) is 4.79 Å². The maximum absolute atomic E-state index is 12.4. The maximum Gasteiger partial charge on any atom is 0.210 e. The van der Waals surface area contributed by atoms with Crippen LogP contribution in [0.3, 0.4) is 0 Å². The molecule has 0 atom stereocenters. The van der Waals surface area contributed by atoms with Crippen LogP contribution in [0.5, 0.6) is 0 Å². The van der Waals surface area contributed by atoms with Crippen LogP contribution in [-0.2, 0) is 0 Å². The summed E-state index contributed by atoms with van der Waals surface area (Å²) in [4.78, 5) is 12.4. The van der Waals surface area contributed by atoms with Gasteiger partial charge in [0.1, 0.15) is 10.1 Å². The summed E-state index contributed by atoms with van der Waals surface area (Å²) in [5, 5.41) is 0.963. The zero-order chi connectivity index (χ0) is 18.6. The van der Waals surface area contributed by atoms with Crippen molar-refractivity contribution < 1.29 is 4.42 Å². The summed E-state index contributed by atoms with van der Waals surface area (Å²) >= 11 is 14.0. The van der Waals surface area contributed by atoms with Gasteiger partial charge in [-0.25, -0.2) is 0 Å². The zero-order valence-corrected chi connectivity index (χ0v) is 19.7. The number of halogens is 4. The molecule has 1 heterocycles. The van der Waals surface area contributed by atoms with E-state index in [4.69, 9.17) is 4.42 Å². The summed E-state index contributed by atoms with van der Waals surface area (Å²) in [6.45, 7) is 2.08. The molecular formula is C20H10Br4O2. The highest BCUT2D eigenvalue weighted by atomic mass is 79.9. The molecule has 26 heavy (non-hydrogen) atoms. The molecule has 130 valence electrons. The van der Waals surface area contributed by atoms with Crippen molar-refractivity contribution in [1.29, 1.82) is 0 Å². The molecule has 0 spiro atoms. The van der Waals surface area contributed by atoms with Crippen LogP contribution in [0.1, 0.15) is 5.56 Å². The first-order valence-electron chi connectivity index (χ1n) is 7.68. The third-order valence-corrected chi connectivity index (χ3v) is 6.65. The molecule has 0 N–H and O–H groups in total. The summed E-state index contributed by atoms with van der Waals surface area (Å²) in [6.07, 6.45) is 0. The van der Waals surface area contributed by atoms with Crippen molar-refractivity contribution in [3.8, 4) is 22.5 Å². The van der Waals surface area contributed by atoms with Gasteiger partial charge in [0.05, 0.1) is 8.95 Å². The normalized spacial score (nSPS) is 11.4. The van der Waals surface area contributed by atoms with E-state index in [0.717, 1.165) is 36.6 Å². The number of rotatable bonds is 1. The molecular weight excluding hydrogens is 592 g/mol. The average molecular weight is 602 g/mol. The molecule has 4 rings (SSSR count). The van der Waals surface area contributed by atoms with Crippen molar-refractivity contribution in [2.75, 3.05) is 0 Å². The molecule has 0 amide bonds. The highest BCUT2D eigenvalue weighted by Gasteiger charge is 2.24. The van der Waals surface area contributed by atoms with E-state index in [1.807, 2.05) is 30.3 Å². The van der Waals surface area contributed by atoms with E-state index in [-0.39, 0.29) is 5.43 Å². The summed E-state index contributed by atoms with van der Waals surface area (Å²) in [5.41, 5.74) is 4.71. The fourth-order valence-corrected chi connectivity index (χ4v) is 5.62. The Morgan fingerprint density at radius 3 is 2.35 bits per heavy atom. The molecule has 0 aromatic heterocycles. The first kappa shape index (κ1) is 18.4. The Kier molecular flexibility index (Phi) is 4.88. The van der Waals surface area contributed by atoms with Crippen molar-refractivity contribution in [2.24, 2.45) is 0 Å². The van der Waals surface area contributed by atoms with E-state index in [0.29, 0.717) is 20.3 Å². The quantitative estimate of drug-likeness (QED) is 0.208. The van der Waals surface area contributed by atoms with Gasteiger partial charge in [0.2, 0.25) is 5.43 Å². The Bertz CT molecular complexity index is 1210. The first-order valence-corrected chi connectivity index (χ1v) is 10.8. The minimum absolute atomic E-state index is 0.135. The third kappa shape index (κ3) is 2.91. The summed E-state index contributed by atoms with van der Waals surface area (Å²) in [7, 11) is 0. The Labute approximate surface area is 183 Å². The highest BCUT2D eigenvalue weighted by molar-refractivity contribution is 9.11. The lowest BCUT2D eigenvalue weighted by atomic mass is 9.91. The number of fused-ring (bicyclic) bond motifs is 2. The van der Waals surface area contributed by atoms with Gasteiger partial charge < -0.3 is 4.42 Å². The van der Waals surface area contributed by atoms with Crippen LogP contribution in [0, 0.1) is 6.92 Å². The van der Waals surface area contributed by atoms with E-state index in [1.54, 1.807) is 0 Å². The van der Waals surface area contributed by atoms with Crippen LogP contribution in [-0.4, -0.2) is 0 Å². The minimum Gasteiger partial charge on any atom is -0.454 e. The molecule has 0 unspecified atom stereocenters. The van der Waals surface area contributed by atoms with Crippen LogP contribution < -0.4 is 5.43 Å². The van der Waals surface area contributed by atoms with Gasteiger partial charge in [-0.15, -0.1) is 0 Å². The standard InChI is InChI=1S/C20H10Br4O2/c1-9-4-2-3-5-11(9)16-12-6-10(21)7-15(23)19(12)26-20-13(16)8-14(22)18(25)17(20)24/h2-8H,1H3. The lowest BCUT2D eigenvalue weighted by molar-refractivity contribution is 0.614. The minimum atomic E-state index is -0.135. The third-order valence-electron chi connectivity index (χ3n) is 4.30. The second-order valence-electron chi connectivity index (χ2n) is 5.93. The van der Waals surface area contributed by atoms with Crippen LogP contribution in [0.15, 0.2) is 69.6 Å². The monoisotopic (exact) mass is 598 g/mol. The van der Waals surface area contributed by atoms with Crippen molar-refractivity contribution in [2.45, 2.75) is 6.92 Å². The van der Waals surface area contributed by atoms with Crippen molar-refractivity contribution in [1.82, 2.24) is 0 Å². The molecule has 0 bridgehead atoms. The SMILES string of the molecule is Cc1ccccc1-c1c2cc(Br)c(=O)c(Br)c-2oc2c(Br)cc(Br)cc12. The lowest BCUT2D eigenvalue weighted by Crippen LogP contribution is -2.06. The largest absolute Gasteiger partial charge is 0.454 e. The summed E-state index contributed by atoms with van der Waals surface area (Å²) < 4.78 is 8.84. The number of benzene rings is 3. The molecule has 6 heteroatoms. The van der Waals surface area contributed by atoms with Gasteiger partial charge in [0.25, 0.3) is 0 Å². The van der Waals surface area contributed by atoms with Crippen molar-refractivity contribution in [3.05, 3.63) is 76.1 Å². The molecule has 2 aromatic carbocycles. The van der Waals surface area contributed by atoms with Crippen LogP contribution in [0.25, 0.3) is 33.4 Å². The second-order valence-corrected chi connectivity index (χ2v) is 9.35. The van der Waals surface area contributed by atoms with Crippen LogP contribution >= 0.6 is 63.7 Å². The number of aryl methyl sites for hydroxylation is 1. The number of hydrogen-bond acceptors (Lipinski definition) is 2. The highest BCUT2D eigenvalue weighted by Crippen LogP contribution is 2.46. The van der Waals surface area contributed by atoms with Crippen LogP contribution in [0.4, 0.5) is 0 Å². The second kappa shape index (κ2) is 6.89. The van der Waals surface area contributed by atoms with Gasteiger partial charge in [-0.3, -0.25) is 4.79 Å². The molecule has 0 fully saturated rings. The Morgan fingerprint density at radius 2 is 1.62 bits per heavy atom. The summed E-state index contributed by atoms with van der Waals surface area (Å²) in [5.74, 6) is 0.534.